The SMILES string of the molecule is CN(C)c1ccc(C(=O)Nc2nccnc2C(=O)O)cc1. The average molecular weight is 286 g/mol. The molecule has 2 aromatic rings. The second-order valence-electron chi connectivity index (χ2n) is 4.45. The number of anilines is 2. The predicted molar refractivity (Wildman–Crippen MR) is 77.7 cm³/mol. The lowest BCUT2D eigenvalue weighted by Gasteiger charge is -2.12. The fourth-order valence-electron chi connectivity index (χ4n) is 1.68. The summed E-state index contributed by atoms with van der Waals surface area (Å²) in [5.41, 5.74) is 1.07. The van der Waals surface area contributed by atoms with E-state index >= 15 is 0 Å². The Kier molecular flexibility index (Phi) is 4.13. The molecule has 1 aromatic heterocycles. The van der Waals surface area contributed by atoms with Crippen molar-refractivity contribution in [2.75, 3.05) is 24.3 Å². The van der Waals surface area contributed by atoms with E-state index in [9.17, 15) is 9.59 Å². The van der Waals surface area contributed by atoms with Crippen LogP contribution in [0.5, 0.6) is 0 Å². The summed E-state index contributed by atoms with van der Waals surface area (Å²) in [6.07, 6.45) is 2.57. The highest BCUT2D eigenvalue weighted by Gasteiger charge is 2.15. The number of nitrogens with zero attached hydrogens (tertiary/aromatic N) is 3. The molecule has 1 aromatic carbocycles. The number of carboxylic acids is 1. The van der Waals surface area contributed by atoms with Crippen molar-refractivity contribution in [3.8, 4) is 0 Å². The first-order chi connectivity index (χ1) is 9.99. The van der Waals surface area contributed by atoms with E-state index in [1.807, 2.05) is 19.0 Å². The Morgan fingerprint density at radius 2 is 1.71 bits per heavy atom. The number of nitrogens with one attached hydrogen (secondary N) is 1. The Bertz CT molecular complexity index is 668. The predicted octanol–water partition coefficient (Wildman–Crippen LogP) is 1.49. The van der Waals surface area contributed by atoms with Crippen LogP contribution in [-0.2, 0) is 0 Å². The third-order valence-corrected chi connectivity index (χ3v) is 2.78. The number of hydrogen-bond donors (Lipinski definition) is 2. The van der Waals surface area contributed by atoms with Crippen molar-refractivity contribution in [3.63, 3.8) is 0 Å². The molecule has 1 amide bonds. The molecule has 7 heteroatoms. The highest BCUT2D eigenvalue weighted by molar-refractivity contribution is 6.06. The van der Waals surface area contributed by atoms with Gasteiger partial charge in [0.2, 0.25) is 0 Å². The third-order valence-electron chi connectivity index (χ3n) is 2.78. The van der Waals surface area contributed by atoms with Crippen LogP contribution in [0.15, 0.2) is 36.7 Å². The minimum Gasteiger partial charge on any atom is -0.476 e. The van der Waals surface area contributed by atoms with Crippen molar-refractivity contribution in [1.29, 1.82) is 0 Å². The van der Waals surface area contributed by atoms with Gasteiger partial charge in [-0.3, -0.25) is 4.79 Å². The first kappa shape index (κ1) is 14.4. The molecule has 0 fully saturated rings. The van der Waals surface area contributed by atoms with Gasteiger partial charge in [-0.2, -0.15) is 0 Å². The topological polar surface area (TPSA) is 95.4 Å². The summed E-state index contributed by atoms with van der Waals surface area (Å²) >= 11 is 0. The molecule has 0 bridgehead atoms. The van der Waals surface area contributed by atoms with E-state index < -0.39 is 11.9 Å². The number of carbonyl (C=O) groups excluding carboxylic acids is 1. The number of carbonyl (C=O) groups is 2. The van der Waals surface area contributed by atoms with Gasteiger partial charge >= 0.3 is 5.97 Å². The molecule has 0 saturated heterocycles. The summed E-state index contributed by atoms with van der Waals surface area (Å²) in [7, 11) is 3.79. The van der Waals surface area contributed by atoms with Gasteiger partial charge in [0.05, 0.1) is 0 Å². The van der Waals surface area contributed by atoms with E-state index in [0.717, 1.165) is 5.69 Å². The van der Waals surface area contributed by atoms with Crippen molar-refractivity contribution in [2.45, 2.75) is 0 Å². The Labute approximate surface area is 121 Å². The number of carboxylic acid groups (broad SMARTS) is 1. The number of aromatic nitrogens is 2. The number of amides is 1. The highest BCUT2D eigenvalue weighted by Crippen LogP contribution is 2.14. The van der Waals surface area contributed by atoms with Crippen molar-refractivity contribution >= 4 is 23.4 Å². The highest BCUT2D eigenvalue weighted by atomic mass is 16.4. The fourth-order valence-corrected chi connectivity index (χ4v) is 1.68. The Morgan fingerprint density at radius 3 is 2.29 bits per heavy atom. The molecule has 2 rings (SSSR count). The summed E-state index contributed by atoms with van der Waals surface area (Å²) in [6, 6.07) is 6.90. The van der Waals surface area contributed by atoms with Crippen LogP contribution in [0.1, 0.15) is 20.8 Å². The van der Waals surface area contributed by atoms with Gasteiger partial charge in [-0.1, -0.05) is 0 Å². The van der Waals surface area contributed by atoms with Crippen LogP contribution in [0.3, 0.4) is 0 Å². The standard InChI is InChI=1S/C14H14N4O3/c1-18(2)10-5-3-9(4-6-10)13(19)17-12-11(14(20)21)15-7-8-16-12/h3-8H,1-2H3,(H,20,21)(H,16,17,19). The Morgan fingerprint density at radius 1 is 1.10 bits per heavy atom. The van der Waals surface area contributed by atoms with Crippen LogP contribution in [0.25, 0.3) is 0 Å². The van der Waals surface area contributed by atoms with E-state index in [1.54, 1.807) is 24.3 Å². The summed E-state index contributed by atoms with van der Waals surface area (Å²) < 4.78 is 0. The van der Waals surface area contributed by atoms with Gasteiger partial charge < -0.3 is 15.3 Å². The molecule has 108 valence electrons. The lowest BCUT2D eigenvalue weighted by molar-refractivity contribution is 0.0691. The maximum atomic E-state index is 12.1. The zero-order valence-electron chi connectivity index (χ0n) is 11.6. The van der Waals surface area contributed by atoms with Crippen molar-refractivity contribution in [1.82, 2.24) is 9.97 Å². The summed E-state index contributed by atoms with van der Waals surface area (Å²) in [6.45, 7) is 0. The fraction of sp³-hybridized carbons (Fsp3) is 0.143. The molecule has 0 unspecified atom stereocenters. The van der Waals surface area contributed by atoms with E-state index in [0.29, 0.717) is 5.56 Å². The second-order valence-corrected chi connectivity index (χ2v) is 4.45. The smallest absolute Gasteiger partial charge is 0.358 e. The lowest BCUT2D eigenvalue weighted by atomic mass is 10.2. The molecular weight excluding hydrogens is 272 g/mol. The zero-order valence-corrected chi connectivity index (χ0v) is 11.6. The lowest BCUT2D eigenvalue weighted by Crippen LogP contribution is -2.17. The molecular formula is C14H14N4O3. The van der Waals surface area contributed by atoms with Gasteiger partial charge in [0.15, 0.2) is 11.5 Å². The quantitative estimate of drug-likeness (QED) is 0.884. The third kappa shape index (κ3) is 3.33. The largest absolute Gasteiger partial charge is 0.476 e. The number of hydrogen-bond acceptors (Lipinski definition) is 5. The first-order valence-electron chi connectivity index (χ1n) is 6.12. The van der Waals surface area contributed by atoms with Gasteiger partial charge in [0.1, 0.15) is 0 Å². The molecule has 0 saturated carbocycles. The van der Waals surface area contributed by atoms with Crippen LogP contribution >= 0.6 is 0 Å². The molecule has 0 spiro atoms. The van der Waals surface area contributed by atoms with Crippen LogP contribution < -0.4 is 10.2 Å². The normalized spacial score (nSPS) is 10.0. The average Bonchev–Trinajstić information content (AvgIpc) is 2.47. The maximum Gasteiger partial charge on any atom is 0.358 e. The molecule has 1 heterocycles. The molecule has 0 atom stereocenters. The number of benzene rings is 1. The van der Waals surface area contributed by atoms with Crippen molar-refractivity contribution in [3.05, 3.63) is 47.9 Å². The van der Waals surface area contributed by atoms with Crippen LogP contribution in [0.2, 0.25) is 0 Å². The molecule has 0 radical (unpaired) electrons. The van der Waals surface area contributed by atoms with E-state index in [4.69, 9.17) is 5.11 Å². The Balaban J connectivity index is 2.20. The zero-order chi connectivity index (χ0) is 15.4. The Hall–Kier alpha value is -2.96. The first-order valence-corrected chi connectivity index (χ1v) is 6.12. The van der Waals surface area contributed by atoms with Crippen LogP contribution in [0.4, 0.5) is 11.5 Å². The number of rotatable bonds is 4. The van der Waals surface area contributed by atoms with Crippen molar-refractivity contribution < 1.29 is 14.7 Å². The molecule has 0 aliphatic rings. The summed E-state index contributed by atoms with van der Waals surface area (Å²) in [5, 5.41) is 11.4. The summed E-state index contributed by atoms with van der Waals surface area (Å²) in [5.74, 6) is -1.77. The van der Waals surface area contributed by atoms with Crippen LogP contribution in [0, 0.1) is 0 Å². The summed E-state index contributed by atoms with van der Waals surface area (Å²) in [4.78, 5) is 32.5. The van der Waals surface area contributed by atoms with Gasteiger partial charge in [-0.15, -0.1) is 0 Å². The monoisotopic (exact) mass is 286 g/mol. The number of aromatic carboxylic acids is 1. The van der Waals surface area contributed by atoms with Crippen LogP contribution in [-0.4, -0.2) is 41.0 Å². The van der Waals surface area contributed by atoms with E-state index in [2.05, 4.69) is 15.3 Å². The minimum atomic E-state index is -1.25. The minimum absolute atomic E-state index is 0.0771. The molecule has 0 aliphatic carbocycles. The molecule has 0 aliphatic heterocycles. The molecule has 2 N–H and O–H groups in total. The molecule has 7 nitrogen and oxygen atoms in total. The van der Waals surface area contributed by atoms with Crippen molar-refractivity contribution in [2.24, 2.45) is 0 Å². The van der Waals surface area contributed by atoms with Gasteiger partial charge in [-0.05, 0) is 24.3 Å². The van der Waals surface area contributed by atoms with Gasteiger partial charge in [0.25, 0.3) is 5.91 Å². The van der Waals surface area contributed by atoms with Gasteiger partial charge in [0, 0.05) is 37.7 Å². The van der Waals surface area contributed by atoms with E-state index in [1.165, 1.54) is 12.4 Å². The molecule has 21 heavy (non-hydrogen) atoms. The maximum absolute atomic E-state index is 12.1. The van der Waals surface area contributed by atoms with Gasteiger partial charge in [-0.25, -0.2) is 14.8 Å². The van der Waals surface area contributed by atoms with E-state index in [-0.39, 0.29) is 11.5 Å². The second kappa shape index (κ2) is 6.00.